The number of aromatic hydroxyl groups is 1. The summed E-state index contributed by atoms with van der Waals surface area (Å²) in [7, 11) is 0. The molecule has 0 radical (unpaired) electrons. The van der Waals surface area contributed by atoms with Crippen LogP contribution in [0.25, 0.3) is 0 Å². The highest BCUT2D eigenvalue weighted by Gasteiger charge is 2.10. The minimum absolute atomic E-state index is 0.133. The number of rotatable bonds is 2. The zero-order chi connectivity index (χ0) is 12.3. The Kier molecular flexibility index (Phi) is 3.05. The van der Waals surface area contributed by atoms with Gasteiger partial charge in [0.25, 0.3) is 5.69 Å². The summed E-state index contributed by atoms with van der Waals surface area (Å²) < 4.78 is 13.8. The zero-order valence-corrected chi connectivity index (χ0v) is 8.88. The number of nitrogens with zero attached hydrogens (tertiary/aromatic N) is 1. The SMILES string of the molecule is [O-][N+](=Cc1ccccc1)c1ccc(O)cc1F. The Morgan fingerprint density at radius 3 is 2.47 bits per heavy atom. The van der Waals surface area contributed by atoms with Crippen LogP contribution in [0.2, 0.25) is 0 Å². The molecule has 0 heterocycles. The Hall–Kier alpha value is -2.36. The minimum atomic E-state index is -0.757. The molecule has 0 unspecified atom stereocenters. The smallest absolute Gasteiger partial charge is 0.252 e. The van der Waals surface area contributed by atoms with Gasteiger partial charge in [0.2, 0.25) is 0 Å². The van der Waals surface area contributed by atoms with Gasteiger partial charge in [0, 0.05) is 17.7 Å². The van der Waals surface area contributed by atoms with E-state index in [2.05, 4.69) is 0 Å². The Bertz CT molecular complexity index is 553. The van der Waals surface area contributed by atoms with E-state index in [1.54, 1.807) is 24.3 Å². The highest BCUT2D eigenvalue weighted by molar-refractivity contribution is 5.76. The molecule has 0 aromatic heterocycles. The highest BCUT2D eigenvalue weighted by Crippen LogP contribution is 2.21. The molecule has 0 aliphatic rings. The van der Waals surface area contributed by atoms with Gasteiger partial charge in [-0.15, -0.1) is 0 Å². The first-order valence-corrected chi connectivity index (χ1v) is 5.01. The topological polar surface area (TPSA) is 46.3 Å². The van der Waals surface area contributed by atoms with Crippen molar-refractivity contribution in [1.29, 1.82) is 0 Å². The number of benzene rings is 2. The van der Waals surface area contributed by atoms with Crippen molar-refractivity contribution in [2.45, 2.75) is 0 Å². The van der Waals surface area contributed by atoms with Crippen LogP contribution in [0, 0.1) is 11.0 Å². The van der Waals surface area contributed by atoms with Crippen molar-refractivity contribution in [3.63, 3.8) is 0 Å². The molecule has 0 amide bonds. The van der Waals surface area contributed by atoms with Crippen LogP contribution in [0.5, 0.6) is 5.75 Å². The lowest BCUT2D eigenvalue weighted by Gasteiger charge is -2.04. The van der Waals surface area contributed by atoms with Crippen molar-refractivity contribution < 1.29 is 14.2 Å². The van der Waals surface area contributed by atoms with E-state index >= 15 is 0 Å². The first kappa shape index (κ1) is 11.1. The predicted molar refractivity (Wildman–Crippen MR) is 63.0 cm³/mol. The van der Waals surface area contributed by atoms with E-state index in [0.717, 1.165) is 6.07 Å². The normalized spacial score (nSPS) is 11.5. The summed E-state index contributed by atoms with van der Waals surface area (Å²) in [5.41, 5.74) is 0.543. The first-order valence-electron chi connectivity index (χ1n) is 5.01. The molecule has 0 saturated carbocycles. The van der Waals surface area contributed by atoms with E-state index in [4.69, 9.17) is 5.11 Å². The summed E-state index contributed by atoms with van der Waals surface area (Å²) >= 11 is 0. The Balaban J connectivity index is 2.37. The van der Waals surface area contributed by atoms with Crippen LogP contribution in [0.3, 0.4) is 0 Å². The maximum Gasteiger partial charge on any atom is 0.252 e. The lowest BCUT2D eigenvalue weighted by Crippen LogP contribution is -2.00. The van der Waals surface area contributed by atoms with Crippen molar-refractivity contribution in [2.24, 2.45) is 0 Å². The third-order valence-electron chi connectivity index (χ3n) is 2.23. The van der Waals surface area contributed by atoms with Gasteiger partial charge in [-0.05, 0) is 18.2 Å². The predicted octanol–water partition coefficient (Wildman–Crippen LogP) is 2.79. The molecule has 2 rings (SSSR count). The Morgan fingerprint density at radius 2 is 1.82 bits per heavy atom. The highest BCUT2D eigenvalue weighted by atomic mass is 19.1. The second kappa shape index (κ2) is 4.65. The van der Waals surface area contributed by atoms with Crippen LogP contribution in [0.15, 0.2) is 48.5 Å². The van der Waals surface area contributed by atoms with Gasteiger partial charge >= 0.3 is 0 Å². The van der Waals surface area contributed by atoms with Gasteiger partial charge in [-0.3, -0.25) is 0 Å². The average molecular weight is 231 g/mol. The number of phenolic OH excluding ortho intramolecular Hbond substituents is 1. The summed E-state index contributed by atoms with van der Waals surface area (Å²) in [4.78, 5) is 0. The monoisotopic (exact) mass is 231 g/mol. The number of hydrogen-bond acceptors (Lipinski definition) is 2. The lowest BCUT2D eigenvalue weighted by atomic mass is 10.2. The molecule has 0 bridgehead atoms. The molecule has 0 spiro atoms. The molecule has 0 aliphatic carbocycles. The van der Waals surface area contributed by atoms with Gasteiger partial charge in [-0.2, -0.15) is 9.13 Å². The summed E-state index contributed by atoms with van der Waals surface area (Å²) in [5.74, 6) is -0.966. The second-order valence-corrected chi connectivity index (χ2v) is 3.50. The van der Waals surface area contributed by atoms with Crippen LogP contribution in [0.1, 0.15) is 5.56 Å². The summed E-state index contributed by atoms with van der Waals surface area (Å²) in [6.45, 7) is 0. The minimum Gasteiger partial charge on any atom is -0.618 e. The molecule has 0 saturated heterocycles. The number of halogens is 1. The molecule has 86 valence electrons. The van der Waals surface area contributed by atoms with Crippen LogP contribution in [0.4, 0.5) is 10.1 Å². The molecule has 2 aromatic rings. The van der Waals surface area contributed by atoms with Crippen molar-refractivity contribution in [2.75, 3.05) is 0 Å². The lowest BCUT2D eigenvalue weighted by molar-refractivity contribution is -0.357. The average Bonchev–Trinajstić information content (AvgIpc) is 2.30. The molecule has 17 heavy (non-hydrogen) atoms. The molecular formula is C13H10FNO2. The molecule has 0 fully saturated rings. The van der Waals surface area contributed by atoms with Gasteiger partial charge in [-0.1, -0.05) is 18.2 Å². The molecule has 4 heteroatoms. The van der Waals surface area contributed by atoms with Gasteiger partial charge in [0.15, 0.2) is 12.0 Å². The molecule has 0 atom stereocenters. The molecule has 2 aromatic carbocycles. The van der Waals surface area contributed by atoms with E-state index in [9.17, 15) is 9.60 Å². The maximum atomic E-state index is 13.4. The molecule has 1 N–H and O–H groups in total. The molecule has 3 nitrogen and oxygen atoms in total. The van der Waals surface area contributed by atoms with E-state index in [1.807, 2.05) is 6.07 Å². The largest absolute Gasteiger partial charge is 0.618 e. The fourth-order valence-corrected chi connectivity index (χ4v) is 1.42. The maximum absolute atomic E-state index is 13.4. The standard InChI is InChI=1S/C13H10FNO2/c14-12-8-11(16)6-7-13(12)15(17)9-10-4-2-1-3-5-10/h1-9,16H. The van der Waals surface area contributed by atoms with Gasteiger partial charge in [-0.25, -0.2) is 0 Å². The van der Waals surface area contributed by atoms with Crippen LogP contribution >= 0.6 is 0 Å². The third-order valence-corrected chi connectivity index (χ3v) is 2.23. The molecule has 0 aliphatic heterocycles. The number of phenols is 1. The summed E-state index contributed by atoms with van der Waals surface area (Å²) in [6.07, 6.45) is 1.27. The van der Waals surface area contributed by atoms with Gasteiger partial charge < -0.3 is 10.3 Å². The van der Waals surface area contributed by atoms with Crippen molar-refractivity contribution in [3.8, 4) is 5.75 Å². The van der Waals surface area contributed by atoms with Gasteiger partial charge in [0.05, 0.1) is 0 Å². The van der Waals surface area contributed by atoms with E-state index in [1.165, 1.54) is 18.3 Å². The summed E-state index contributed by atoms with van der Waals surface area (Å²) in [6, 6.07) is 12.3. The van der Waals surface area contributed by atoms with Crippen molar-refractivity contribution in [3.05, 3.63) is 65.1 Å². The van der Waals surface area contributed by atoms with Crippen molar-refractivity contribution >= 4 is 11.9 Å². The fourth-order valence-electron chi connectivity index (χ4n) is 1.42. The first-order chi connectivity index (χ1) is 8.16. The van der Waals surface area contributed by atoms with E-state index in [-0.39, 0.29) is 11.4 Å². The zero-order valence-electron chi connectivity index (χ0n) is 8.88. The fraction of sp³-hybridized carbons (Fsp3) is 0. The van der Waals surface area contributed by atoms with Crippen LogP contribution in [-0.4, -0.2) is 16.1 Å². The molecular weight excluding hydrogens is 221 g/mol. The second-order valence-electron chi connectivity index (χ2n) is 3.50. The Labute approximate surface area is 97.7 Å². The Morgan fingerprint density at radius 1 is 1.12 bits per heavy atom. The summed E-state index contributed by atoms with van der Waals surface area (Å²) in [5, 5.41) is 20.7. The van der Waals surface area contributed by atoms with E-state index < -0.39 is 5.82 Å². The quantitative estimate of drug-likeness (QED) is 0.374. The number of hydrogen-bond donors (Lipinski definition) is 1. The van der Waals surface area contributed by atoms with E-state index in [0.29, 0.717) is 10.3 Å². The van der Waals surface area contributed by atoms with Crippen LogP contribution in [-0.2, 0) is 0 Å². The third kappa shape index (κ3) is 2.60. The van der Waals surface area contributed by atoms with Gasteiger partial charge in [0.1, 0.15) is 5.75 Å². The van der Waals surface area contributed by atoms with Crippen LogP contribution < -0.4 is 0 Å². The van der Waals surface area contributed by atoms with Crippen molar-refractivity contribution in [1.82, 2.24) is 0 Å².